The Kier molecular flexibility index (Phi) is 5.11. The summed E-state index contributed by atoms with van der Waals surface area (Å²) in [5.74, 6) is 0.611. The van der Waals surface area contributed by atoms with Gasteiger partial charge >= 0.3 is 0 Å². The number of sulfonamides is 1. The number of nitrogens with one attached hydrogen (secondary N) is 1. The highest BCUT2D eigenvalue weighted by atomic mass is 32.2. The maximum Gasteiger partial charge on any atom is 0.238 e. The molecular formula is C22H20N4O3S. The van der Waals surface area contributed by atoms with Gasteiger partial charge in [0, 0.05) is 34.8 Å². The summed E-state index contributed by atoms with van der Waals surface area (Å²) in [7, 11) is -2.22. The summed E-state index contributed by atoms with van der Waals surface area (Å²) in [6.45, 7) is 1.96. The Hall–Kier alpha value is -3.49. The lowest BCUT2D eigenvalue weighted by atomic mass is 9.96. The molecule has 8 heteroatoms. The highest BCUT2D eigenvalue weighted by Crippen LogP contribution is 2.38. The van der Waals surface area contributed by atoms with Crippen molar-refractivity contribution in [3.8, 4) is 39.3 Å². The maximum atomic E-state index is 11.7. The molecule has 0 saturated carbocycles. The van der Waals surface area contributed by atoms with Gasteiger partial charge in [-0.15, -0.1) is 0 Å². The summed E-state index contributed by atoms with van der Waals surface area (Å²) in [6, 6.07) is 16.1. The van der Waals surface area contributed by atoms with E-state index < -0.39 is 10.0 Å². The highest BCUT2D eigenvalue weighted by Gasteiger charge is 2.17. The standard InChI is InChI=1S/C22H20N4O3S/c1-14-21(22(26-25-14)15-8-10-24-11-9-15)17-6-7-19(20(13-17)29-2)16-4-3-5-18(12-16)30(23,27)28/h3-13H,1-2H3,(H,25,26)(H2,23,27,28). The number of nitrogens with zero attached hydrogens (tertiary/aromatic N) is 2. The highest BCUT2D eigenvalue weighted by molar-refractivity contribution is 7.89. The van der Waals surface area contributed by atoms with Crippen LogP contribution in [0.3, 0.4) is 0 Å². The van der Waals surface area contributed by atoms with Crippen molar-refractivity contribution in [1.29, 1.82) is 0 Å². The molecule has 0 amide bonds. The molecule has 30 heavy (non-hydrogen) atoms. The molecule has 0 fully saturated rings. The largest absolute Gasteiger partial charge is 0.496 e. The van der Waals surface area contributed by atoms with Crippen LogP contribution in [0.5, 0.6) is 5.75 Å². The molecule has 0 radical (unpaired) electrons. The predicted molar refractivity (Wildman–Crippen MR) is 115 cm³/mol. The number of hydrogen-bond donors (Lipinski definition) is 2. The van der Waals surface area contributed by atoms with Gasteiger partial charge in [0.25, 0.3) is 0 Å². The van der Waals surface area contributed by atoms with E-state index in [0.717, 1.165) is 33.6 Å². The Bertz CT molecular complexity index is 1320. The molecule has 0 aliphatic heterocycles. The molecule has 2 aromatic heterocycles. The number of pyridine rings is 1. The van der Waals surface area contributed by atoms with E-state index in [1.807, 2.05) is 43.3 Å². The lowest BCUT2D eigenvalue weighted by Gasteiger charge is -2.13. The number of nitrogens with two attached hydrogens (primary N) is 1. The smallest absolute Gasteiger partial charge is 0.238 e. The van der Waals surface area contributed by atoms with Crippen LogP contribution in [0.4, 0.5) is 0 Å². The first-order chi connectivity index (χ1) is 14.4. The Labute approximate surface area is 174 Å². The van der Waals surface area contributed by atoms with Crippen molar-refractivity contribution in [1.82, 2.24) is 15.2 Å². The third-order valence-corrected chi connectivity index (χ3v) is 5.78. The van der Waals surface area contributed by atoms with E-state index in [1.54, 1.807) is 31.6 Å². The van der Waals surface area contributed by atoms with Gasteiger partial charge < -0.3 is 4.74 Å². The van der Waals surface area contributed by atoms with Crippen LogP contribution in [0.2, 0.25) is 0 Å². The summed E-state index contributed by atoms with van der Waals surface area (Å²) >= 11 is 0. The van der Waals surface area contributed by atoms with Gasteiger partial charge in [-0.3, -0.25) is 10.1 Å². The Morgan fingerprint density at radius 3 is 2.43 bits per heavy atom. The molecule has 4 aromatic rings. The zero-order valence-electron chi connectivity index (χ0n) is 16.5. The third kappa shape index (κ3) is 3.70. The number of H-pyrrole nitrogens is 1. The van der Waals surface area contributed by atoms with E-state index in [9.17, 15) is 8.42 Å². The quantitative estimate of drug-likeness (QED) is 0.510. The minimum absolute atomic E-state index is 0.0526. The summed E-state index contributed by atoms with van der Waals surface area (Å²) in [5, 5.41) is 12.8. The molecule has 2 aromatic carbocycles. The topological polar surface area (TPSA) is 111 Å². The lowest BCUT2D eigenvalue weighted by molar-refractivity contribution is 0.416. The number of aryl methyl sites for hydroxylation is 1. The Morgan fingerprint density at radius 2 is 1.73 bits per heavy atom. The molecule has 7 nitrogen and oxygen atoms in total. The zero-order chi connectivity index (χ0) is 21.3. The number of primary sulfonamides is 1. The second-order valence-electron chi connectivity index (χ2n) is 6.80. The van der Waals surface area contributed by atoms with Crippen LogP contribution in [0, 0.1) is 6.92 Å². The van der Waals surface area contributed by atoms with E-state index in [0.29, 0.717) is 11.3 Å². The van der Waals surface area contributed by atoms with Gasteiger partial charge in [-0.2, -0.15) is 5.10 Å². The van der Waals surface area contributed by atoms with Crippen LogP contribution in [0.15, 0.2) is 71.9 Å². The zero-order valence-corrected chi connectivity index (χ0v) is 17.3. The molecule has 4 rings (SSSR count). The van der Waals surface area contributed by atoms with E-state index >= 15 is 0 Å². The number of rotatable bonds is 5. The predicted octanol–water partition coefficient (Wildman–Crippen LogP) is 3.77. The van der Waals surface area contributed by atoms with E-state index in [1.165, 1.54) is 6.07 Å². The summed E-state index contributed by atoms with van der Waals surface area (Å²) in [4.78, 5) is 4.12. The minimum Gasteiger partial charge on any atom is -0.496 e. The molecular weight excluding hydrogens is 400 g/mol. The van der Waals surface area contributed by atoms with Gasteiger partial charge in [-0.25, -0.2) is 13.6 Å². The third-order valence-electron chi connectivity index (χ3n) is 4.86. The van der Waals surface area contributed by atoms with Gasteiger partial charge in [-0.05, 0) is 48.4 Å². The first-order valence-corrected chi connectivity index (χ1v) is 10.7. The van der Waals surface area contributed by atoms with Crippen LogP contribution in [-0.4, -0.2) is 30.7 Å². The van der Waals surface area contributed by atoms with Crippen LogP contribution < -0.4 is 9.88 Å². The number of hydrogen-bond acceptors (Lipinski definition) is 5. The van der Waals surface area contributed by atoms with E-state index in [-0.39, 0.29) is 4.90 Å². The van der Waals surface area contributed by atoms with E-state index in [2.05, 4.69) is 15.2 Å². The summed E-state index contributed by atoms with van der Waals surface area (Å²) in [6.07, 6.45) is 3.45. The molecule has 0 aliphatic carbocycles. The SMILES string of the molecule is COc1cc(-c2c(-c3ccncc3)n[nH]c2C)ccc1-c1cccc(S(N)(=O)=O)c1. The lowest BCUT2D eigenvalue weighted by Crippen LogP contribution is -2.11. The summed E-state index contributed by atoms with van der Waals surface area (Å²) in [5.41, 5.74) is 6.05. The normalized spacial score (nSPS) is 11.4. The number of methoxy groups -OCH3 is 1. The molecule has 0 saturated heterocycles. The molecule has 0 aliphatic rings. The van der Waals surface area contributed by atoms with Crippen LogP contribution in [0.1, 0.15) is 5.69 Å². The van der Waals surface area contributed by atoms with Crippen molar-refractivity contribution in [3.63, 3.8) is 0 Å². The van der Waals surface area contributed by atoms with Crippen molar-refractivity contribution < 1.29 is 13.2 Å². The summed E-state index contributed by atoms with van der Waals surface area (Å²) < 4.78 is 29.1. The maximum absolute atomic E-state index is 11.7. The van der Waals surface area contributed by atoms with Crippen molar-refractivity contribution in [2.75, 3.05) is 7.11 Å². The van der Waals surface area contributed by atoms with Crippen molar-refractivity contribution >= 4 is 10.0 Å². The van der Waals surface area contributed by atoms with Crippen molar-refractivity contribution in [2.45, 2.75) is 11.8 Å². The van der Waals surface area contributed by atoms with Gasteiger partial charge in [-0.1, -0.05) is 24.3 Å². The fourth-order valence-electron chi connectivity index (χ4n) is 3.43. The number of ether oxygens (including phenoxy) is 1. The minimum atomic E-state index is -3.80. The van der Waals surface area contributed by atoms with Crippen LogP contribution in [0.25, 0.3) is 33.5 Å². The van der Waals surface area contributed by atoms with E-state index in [4.69, 9.17) is 9.88 Å². The molecule has 0 spiro atoms. The second kappa shape index (κ2) is 7.74. The first-order valence-electron chi connectivity index (χ1n) is 9.15. The average molecular weight is 420 g/mol. The first kappa shape index (κ1) is 19.8. The number of aromatic amines is 1. The molecule has 0 unspecified atom stereocenters. The molecule has 2 heterocycles. The second-order valence-corrected chi connectivity index (χ2v) is 8.36. The average Bonchev–Trinajstić information content (AvgIpc) is 3.15. The molecule has 0 bridgehead atoms. The fraction of sp³-hybridized carbons (Fsp3) is 0.0909. The number of aromatic nitrogens is 3. The Morgan fingerprint density at radius 1 is 0.967 bits per heavy atom. The van der Waals surface area contributed by atoms with Crippen LogP contribution in [-0.2, 0) is 10.0 Å². The molecule has 0 atom stereocenters. The van der Waals surface area contributed by atoms with Crippen molar-refractivity contribution in [3.05, 3.63) is 72.7 Å². The van der Waals surface area contributed by atoms with Gasteiger partial charge in [0.05, 0.1) is 12.0 Å². The fourth-order valence-corrected chi connectivity index (χ4v) is 3.99. The monoisotopic (exact) mass is 420 g/mol. The molecule has 3 N–H and O–H groups in total. The van der Waals surface area contributed by atoms with Gasteiger partial charge in [0.2, 0.25) is 10.0 Å². The van der Waals surface area contributed by atoms with Gasteiger partial charge in [0.1, 0.15) is 11.4 Å². The van der Waals surface area contributed by atoms with Crippen molar-refractivity contribution in [2.24, 2.45) is 5.14 Å². The molecule has 152 valence electrons. The Balaban J connectivity index is 1.83. The van der Waals surface area contributed by atoms with Crippen LogP contribution >= 0.6 is 0 Å². The number of benzene rings is 2. The van der Waals surface area contributed by atoms with Gasteiger partial charge in [0.15, 0.2) is 0 Å².